The Labute approximate surface area is 106 Å². The zero-order valence-corrected chi connectivity index (χ0v) is 10.9. The molecule has 0 saturated carbocycles. The highest BCUT2D eigenvalue weighted by molar-refractivity contribution is 6.32. The topological polar surface area (TPSA) is 27.1 Å². The third-order valence-corrected chi connectivity index (χ3v) is 2.40. The van der Waals surface area contributed by atoms with Crippen LogP contribution in [-0.4, -0.2) is 15.4 Å². The molecular weight excluding hydrogens is 236 g/mol. The van der Waals surface area contributed by atoms with E-state index in [2.05, 4.69) is 5.10 Å². The van der Waals surface area contributed by atoms with Crippen LogP contribution in [0.1, 0.15) is 20.8 Å². The monoisotopic (exact) mass is 250 g/mol. The van der Waals surface area contributed by atoms with Gasteiger partial charge in [-0.25, -0.2) is 4.68 Å². The van der Waals surface area contributed by atoms with Crippen LogP contribution in [0.3, 0.4) is 0 Å². The van der Waals surface area contributed by atoms with Gasteiger partial charge in [-0.05, 0) is 32.9 Å². The molecule has 0 aliphatic rings. The summed E-state index contributed by atoms with van der Waals surface area (Å²) in [7, 11) is 0. The lowest BCUT2D eigenvalue weighted by Gasteiger charge is -2.19. The molecule has 0 aliphatic carbocycles. The maximum absolute atomic E-state index is 6.10. The molecule has 4 heteroatoms. The molecule has 90 valence electrons. The first-order valence-electron chi connectivity index (χ1n) is 5.44. The van der Waals surface area contributed by atoms with Crippen molar-refractivity contribution in [2.45, 2.75) is 26.4 Å². The predicted molar refractivity (Wildman–Crippen MR) is 69.0 cm³/mol. The van der Waals surface area contributed by atoms with Gasteiger partial charge in [-0.2, -0.15) is 5.10 Å². The molecule has 0 spiro atoms. The molecule has 0 aliphatic heterocycles. The molecule has 0 bridgehead atoms. The van der Waals surface area contributed by atoms with Crippen LogP contribution in [-0.2, 0) is 0 Å². The molecule has 0 saturated heterocycles. The first-order chi connectivity index (χ1) is 7.96. The number of nitrogens with zero attached hydrogens (tertiary/aromatic N) is 2. The van der Waals surface area contributed by atoms with E-state index in [1.165, 1.54) is 0 Å². The second-order valence-corrected chi connectivity index (χ2v) is 5.19. The van der Waals surface area contributed by atoms with Gasteiger partial charge in [0.05, 0.1) is 23.1 Å². The van der Waals surface area contributed by atoms with E-state index in [0.29, 0.717) is 5.02 Å². The lowest BCUT2D eigenvalue weighted by Crippen LogP contribution is -2.22. The zero-order chi connectivity index (χ0) is 12.5. The van der Waals surface area contributed by atoms with Crippen molar-refractivity contribution in [2.24, 2.45) is 0 Å². The first-order valence-corrected chi connectivity index (χ1v) is 5.82. The summed E-state index contributed by atoms with van der Waals surface area (Å²) in [5, 5.41) is 4.90. The Kier molecular flexibility index (Phi) is 3.11. The summed E-state index contributed by atoms with van der Waals surface area (Å²) in [4.78, 5) is 0. The van der Waals surface area contributed by atoms with Crippen LogP contribution in [0.5, 0.6) is 5.75 Å². The van der Waals surface area contributed by atoms with E-state index in [1.807, 2.05) is 51.2 Å². The van der Waals surface area contributed by atoms with Gasteiger partial charge in [0.2, 0.25) is 0 Å². The molecule has 1 aromatic carbocycles. The van der Waals surface area contributed by atoms with Gasteiger partial charge in [-0.1, -0.05) is 23.7 Å². The molecule has 17 heavy (non-hydrogen) atoms. The number of para-hydroxylation sites is 1. The average Bonchev–Trinajstić information content (AvgIpc) is 2.64. The van der Waals surface area contributed by atoms with E-state index in [1.54, 1.807) is 10.9 Å². The van der Waals surface area contributed by atoms with Crippen molar-refractivity contribution < 1.29 is 4.74 Å². The van der Waals surface area contributed by atoms with E-state index in [0.717, 1.165) is 11.4 Å². The van der Waals surface area contributed by atoms with E-state index in [4.69, 9.17) is 16.3 Å². The molecule has 0 fully saturated rings. The summed E-state index contributed by atoms with van der Waals surface area (Å²) in [5.74, 6) is 0.734. The van der Waals surface area contributed by atoms with E-state index >= 15 is 0 Å². The minimum atomic E-state index is -0.228. The van der Waals surface area contributed by atoms with Gasteiger partial charge in [0.1, 0.15) is 5.60 Å². The van der Waals surface area contributed by atoms with Crippen LogP contribution in [0.2, 0.25) is 5.02 Å². The fourth-order valence-corrected chi connectivity index (χ4v) is 1.70. The maximum Gasteiger partial charge on any atom is 0.158 e. The highest BCUT2D eigenvalue weighted by Gasteiger charge is 2.13. The van der Waals surface area contributed by atoms with Crippen molar-refractivity contribution in [3.05, 3.63) is 41.7 Å². The van der Waals surface area contributed by atoms with E-state index in [9.17, 15) is 0 Å². The smallest absolute Gasteiger partial charge is 0.158 e. The molecule has 0 unspecified atom stereocenters. The van der Waals surface area contributed by atoms with Crippen LogP contribution in [0.25, 0.3) is 5.69 Å². The fourth-order valence-electron chi connectivity index (χ4n) is 1.48. The van der Waals surface area contributed by atoms with Crippen molar-refractivity contribution in [2.75, 3.05) is 0 Å². The minimum Gasteiger partial charge on any atom is -0.485 e. The van der Waals surface area contributed by atoms with Gasteiger partial charge >= 0.3 is 0 Å². The lowest BCUT2D eigenvalue weighted by atomic mass is 10.2. The first kappa shape index (κ1) is 12.0. The van der Waals surface area contributed by atoms with Crippen LogP contribution in [0.15, 0.2) is 36.7 Å². The van der Waals surface area contributed by atoms with Gasteiger partial charge in [-0.3, -0.25) is 0 Å². The van der Waals surface area contributed by atoms with Crippen LogP contribution < -0.4 is 4.74 Å². The summed E-state index contributed by atoms with van der Waals surface area (Å²) >= 11 is 6.10. The second-order valence-electron chi connectivity index (χ2n) is 4.79. The number of halogens is 1. The van der Waals surface area contributed by atoms with Crippen molar-refractivity contribution in [3.63, 3.8) is 0 Å². The number of rotatable bonds is 2. The SMILES string of the molecule is CC(C)(C)Oc1cnn(-c2ccccc2Cl)c1. The van der Waals surface area contributed by atoms with E-state index in [-0.39, 0.29) is 5.60 Å². The second kappa shape index (κ2) is 4.41. The number of ether oxygens (including phenoxy) is 1. The lowest BCUT2D eigenvalue weighted by molar-refractivity contribution is 0.131. The molecular formula is C13H15ClN2O. The van der Waals surface area contributed by atoms with Gasteiger partial charge in [-0.15, -0.1) is 0 Å². The molecule has 1 aromatic heterocycles. The molecule has 0 amide bonds. The van der Waals surface area contributed by atoms with Crippen molar-refractivity contribution in [3.8, 4) is 11.4 Å². The largest absolute Gasteiger partial charge is 0.485 e. The Morgan fingerprint density at radius 1 is 1.24 bits per heavy atom. The minimum absolute atomic E-state index is 0.228. The Morgan fingerprint density at radius 2 is 1.94 bits per heavy atom. The summed E-state index contributed by atoms with van der Waals surface area (Å²) in [5.41, 5.74) is 0.617. The number of hydrogen-bond acceptors (Lipinski definition) is 2. The van der Waals surface area contributed by atoms with Crippen molar-refractivity contribution >= 4 is 11.6 Å². The normalized spacial score (nSPS) is 11.5. The summed E-state index contributed by atoms with van der Waals surface area (Å²) in [6.07, 6.45) is 3.51. The Balaban J connectivity index is 2.28. The summed E-state index contributed by atoms with van der Waals surface area (Å²) < 4.78 is 7.43. The third kappa shape index (κ3) is 3.01. The van der Waals surface area contributed by atoms with Gasteiger partial charge in [0.25, 0.3) is 0 Å². The quantitative estimate of drug-likeness (QED) is 0.813. The number of benzene rings is 1. The van der Waals surface area contributed by atoms with Crippen LogP contribution >= 0.6 is 11.6 Å². The Bertz CT molecular complexity index is 514. The standard InChI is InChI=1S/C13H15ClN2O/c1-13(2,3)17-10-8-15-16(9-10)12-7-5-4-6-11(12)14/h4-9H,1-3H3. The van der Waals surface area contributed by atoms with Crippen molar-refractivity contribution in [1.29, 1.82) is 0 Å². The summed E-state index contributed by atoms with van der Waals surface area (Å²) in [6, 6.07) is 7.56. The number of aromatic nitrogens is 2. The Hall–Kier alpha value is -1.48. The molecule has 2 rings (SSSR count). The molecule has 2 aromatic rings. The predicted octanol–water partition coefficient (Wildman–Crippen LogP) is 3.70. The summed E-state index contributed by atoms with van der Waals surface area (Å²) in [6.45, 7) is 6.00. The third-order valence-electron chi connectivity index (χ3n) is 2.08. The maximum atomic E-state index is 6.10. The van der Waals surface area contributed by atoms with E-state index < -0.39 is 0 Å². The molecule has 1 heterocycles. The molecule has 0 N–H and O–H groups in total. The molecule has 0 radical (unpaired) electrons. The molecule has 0 atom stereocenters. The highest BCUT2D eigenvalue weighted by atomic mass is 35.5. The van der Waals surface area contributed by atoms with Crippen LogP contribution in [0.4, 0.5) is 0 Å². The van der Waals surface area contributed by atoms with Gasteiger partial charge < -0.3 is 4.74 Å². The highest BCUT2D eigenvalue weighted by Crippen LogP contribution is 2.23. The van der Waals surface area contributed by atoms with Crippen molar-refractivity contribution in [1.82, 2.24) is 9.78 Å². The molecule has 3 nitrogen and oxygen atoms in total. The van der Waals surface area contributed by atoms with Gasteiger partial charge in [0.15, 0.2) is 5.75 Å². The van der Waals surface area contributed by atoms with Gasteiger partial charge in [0, 0.05) is 0 Å². The van der Waals surface area contributed by atoms with Crippen LogP contribution in [0, 0.1) is 0 Å². The fraction of sp³-hybridized carbons (Fsp3) is 0.308. The number of hydrogen-bond donors (Lipinski definition) is 0. The zero-order valence-electron chi connectivity index (χ0n) is 10.1. The average molecular weight is 251 g/mol. The Morgan fingerprint density at radius 3 is 2.59 bits per heavy atom.